The van der Waals surface area contributed by atoms with E-state index in [1.165, 1.54) is 21.7 Å². The van der Waals surface area contributed by atoms with Gasteiger partial charge in [0.05, 0.1) is 26.5 Å². The zero-order valence-corrected chi connectivity index (χ0v) is 22.2. The molecule has 1 aliphatic carbocycles. The molecular formula is C28H26FN3O4S2. The van der Waals surface area contributed by atoms with E-state index in [9.17, 15) is 17.6 Å². The summed E-state index contributed by atoms with van der Waals surface area (Å²) in [6.45, 7) is 0.858. The molecule has 7 nitrogen and oxygen atoms in total. The fraction of sp³-hybridized carbons (Fsp3) is 0.321. The Morgan fingerprint density at radius 3 is 2.63 bits per heavy atom. The van der Waals surface area contributed by atoms with Crippen molar-refractivity contribution in [1.82, 2.24) is 14.3 Å². The van der Waals surface area contributed by atoms with Crippen LogP contribution in [-0.4, -0.2) is 40.8 Å². The lowest BCUT2D eigenvalue weighted by Gasteiger charge is -2.13. The summed E-state index contributed by atoms with van der Waals surface area (Å²) in [5.74, 6) is 0.919. The number of carbonyl (C=O) groups excluding carboxylic acids is 1. The van der Waals surface area contributed by atoms with E-state index in [-0.39, 0.29) is 23.7 Å². The van der Waals surface area contributed by atoms with Crippen LogP contribution in [-0.2, 0) is 27.8 Å². The Labute approximate surface area is 224 Å². The standard InChI is InChI=1S/C28H26FN3O4S2/c29-22-14-19(13-21(33)12-18-2-3-18)5-7-25(22)36-26-8-9-30-24-15-27(37-28(24)26)23-6-4-20(16-31-23)17-32-10-1-11-38(32,34)35/h4-9,14-16,18H,1-3,10-13,17H2. The number of fused-ring (bicyclic) bond motifs is 1. The van der Waals surface area contributed by atoms with E-state index in [0.29, 0.717) is 48.7 Å². The molecule has 3 aromatic heterocycles. The van der Waals surface area contributed by atoms with E-state index >= 15 is 0 Å². The Bertz CT molecular complexity index is 1620. The number of aromatic nitrogens is 2. The number of benzene rings is 1. The molecule has 0 N–H and O–H groups in total. The van der Waals surface area contributed by atoms with Crippen LogP contribution in [0, 0.1) is 11.7 Å². The van der Waals surface area contributed by atoms with Crippen molar-refractivity contribution in [1.29, 1.82) is 0 Å². The number of sulfonamides is 1. The van der Waals surface area contributed by atoms with Crippen LogP contribution in [0.1, 0.15) is 36.8 Å². The molecule has 2 aliphatic rings. The van der Waals surface area contributed by atoms with Gasteiger partial charge in [0, 0.05) is 44.4 Å². The fourth-order valence-electron chi connectivity index (χ4n) is 4.66. The van der Waals surface area contributed by atoms with Gasteiger partial charge in [-0.05, 0) is 60.6 Å². The molecule has 0 atom stereocenters. The number of pyridine rings is 2. The van der Waals surface area contributed by atoms with Crippen molar-refractivity contribution in [3.8, 4) is 22.1 Å². The number of halogens is 1. The number of ether oxygens (including phenoxy) is 1. The van der Waals surface area contributed by atoms with E-state index in [1.807, 2.05) is 18.2 Å². The van der Waals surface area contributed by atoms with E-state index in [2.05, 4.69) is 9.97 Å². The average molecular weight is 552 g/mol. The summed E-state index contributed by atoms with van der Waals surface area (Å²) in [5.41, 5.74) is 2.92. The van der Waals surface area contributed by atoms with Gasteiger partial charge >= 0.3 is 0 Å². The van der Waals surface area contributed by atoms with Crippen LogP contribution in [0.4, 0.5) is 4.39 Å². The maximum atomic E-state index is 14.9. The van der Waals surface area contributed by atoms with Gasteiger partial charge in [0.25, 0.3) is 0 Å². The molecule has 0 bridgehead atoms. The number of carbonyl (C=O) groups is 1. The summed E-state index contributed by atoms with van der Waals surface area (Å²) in [4.78, 5) is 22.0. The number of nitrogens with zero attached hydrogens (tertiary/aromatic N) is 3. The lowest BCUT2D eigenvalue weighted by Crippen LogP contribution is -2.25. The van der Waals surface area contributed by atoms with Crippen LogP contribution in [0.15, 0.2) is 54.9 Å². The van der Waals surface area contributed by atoms with Gasteiger partial charge in [-0.1, -0.05) is 12.1 Å². The second-order valence-corrected chi connectivity index (χ2v) is 13.1. The SMILES string of the molecule is O=C(Cc1ccc(Oc2ccnc3cc(-c4ccc(CN5CCCS5(=O)=O)cn4)sc23)c(F)c1)CC1CC1. The first-order chi connectivity index (χ1) is 18.3. The summed E-state index contributed by atoms with van der Waals surface area (Å²) in [6.07, 6.45) is 7.01. The minimum absolute atomic E-state index is 0.0881. The van der Waals surface area contributed by atoms with Gasteiger partial charge in [0.15, 0.2) is 11.6 Å². The van der Waals surface area contributed by atoms with Crippen LogP contribution in [0.3, 0.4) is 0 Å². The summed E-state index contributed by atoms with van der Waals surface area (Å²) in [7, 11) is -3.17. The quantitative estimate of drug-likeness (QED) is 0.264. The number of rotatable bonds is 9. The highest BCUT2D eigenvalue weighted by Crippen LogP contribution is 2.39. The van der Waals surface area contributed by atoms with Gasteiger partial charge in [-0.15, -0.1) is 11.3 Å². The number of hydrogen-bond donors (Lipinski definition) is 0. The minimum Gasteiger partial charge on any atom is -0.453 e. The predicted molar refractivity (Wildman–Crippen MR) is 144 cm³/mol. The second-order valence-electron chi connectivity index (χ2n) is 9.92. The van der Waals surface area contributed by atoms with Crippen LogP contribution in [0.25, 0.3) is 20.8 Å². The van der Waals surface area contributed by atoms with Gasteiger partial charge in [0.1, 0.15) is 11.5 Å². The molecular weight excluding hydrogens is 525 g/mol. The van der Waals surface area contributed by atoms with Crippen LogP contribution in [0.2, 0.25) is 0 Å². The van der Waals surface area contributed by atoms with Gasteiger partial charge < -0.3 is 4.74 Å². The van der Waals surface area contributed by atoms with E-state index in [0.717, 1.165) is 33.7 Å². The van der Waals surface area contributed by atoms with Crippen LogP contribution in [0.5, 0.6) is 11.5 Å². The zero-order valence-electron chi connectivity index (χ0n) is 20.6. The molecule has 38 heavy (non-hydrogen) atoms. The Morgan fingerprint density at radius 2 is 1.92 bits per heavy atom. The Balaban J connectivity index is 1.18. The van der Waals surface area contributed by atoms with Crippen molar-refractivity contribution in [2.24, 2.45) is 5.92 Å². The third-order valence-electron chi connectivity index (χ3n) is 6.85. The van der Waals surface area contributed by atoms with Gasteiger partial charge in [0.2, 0.25) is 10.0 Å². The molecule has 4 heterocycles. The summed E-state index contributed by atoms with van der Waals surface area (Å²) in [5, 5.41) is 0. The molecule has 0 amide bonds. The van der Waals surface area contributed by atoms with E-state index < -0.39 is 15.8 Å². The summed E-state index contributed by atoms with van der Waals surface area (Å²) in [6, 6.07) is 12.0. The largest absolute Gasteiger partial charge is 0.453 e. The van der Waals surface area contributed by atoms with Crippen molar-refractivity contribution < 1.29 is 22.3 Å². The normalized spacial score (nSPS) is 17.2. The first kappa shape index (κ1) is 25.1. The first-order valence-corrected chi connectivity index (χ1v) is 15.1. The number of hydrogen-bond acceptors (Lipinski definition) is 7. The highest BCUT2D eigenvalue weighted by Gasteiger charge is 2.28. The minimum atomic E-state index is -3.17. The van der Waals surface area contributed by atoms with Crippen molar-refractivity contribution in [2.75, 3.05) is 12.3 Å². The lowest BCUT2D eigenvalue weighted by molar-refractivity contribution is -0.118. The molecule has 196 valence electrons. The maximum Gasteiger partial charge on any atom is 0.214 e. The highest BCUT2D eigenvalue weighted by atomic mass is 32.2. The molecule has 1 aromatic carbocycles. The molecule has 0 spiro atoms. The van der Waals surface area contributed by atoms with Crippen molar-refractivity contribution >= 4 is 37.4 Å². The third-order valence-corrected chi connectivity index (χ3v) is 9.91. The van der Waals surface area contributed by atoms with Gasteiger partial charge in [-0.3, -0.25) is 14.8 Å². The van der Waals surface area contributed by atoms with Crippen molar-refractivity contribution in [3.63, 3.8) is 0 Å². The van der Waals surface area contributed by atoms with Crippen molar-refractivity contribution in [3.05, 3.63) is 71.8 Å². The Kier molecular flexibility index (Phi) is 6.71. The number of Topliss-reactive ketones (excluding diaryl/α,β-unsaturated/α-hetero) is 1. The smallest absolute Gasteiger partial charge is 0.214 e. The average Bonchev–Trinajstić information content (AvgIpc) is 3.47. The molecule has 1 saturated heterocycles. The van der Waals surface area contributed by atoms with Crippen LogP contribution >= 0.6 is 11.3 Å². The van der Waals surface area contributed by atoms with Crippen LogP contribution < -0.4 is 4.74 Å². The van der Waals surface area contributed by atoms with Crippen molar-refractivity contribution in [2.45, 2.75) is 38.6 Å². The molecule has 4 aromatic rings. The summed E-state index contributed by atoms with van der Waals surface area (Å²) >= 11 is 1.44. The monoisotopic (exact) mass is 551 g/mol. The Morgan fingerprint density at radius 1 is 1.08 bits per heavy atom. The molecule has 0 radical (unpaired) electrons. The molecule has 10 heteroatoms. The number of ketones is 1. The molecule has 2 fully saturated rings. The van der Waals surface area contributed by atoms with E-state index in [1.54, 1.807) is 30.6 Å². The van der Waals surface area contributed by atoms with Gasteiger partial charge in [-0.25, -0.2) is 12.8 Å². The predicted octanol–water partition coefficient (Wildman–Crippen LogP) is 5.74. The lowest BCUT2D eigenvalue weighted by atomic mass is 10.0. The van der Waals surface area contributed by atoms with Gasteiger partial charge in [-0.2, -0.15) is 4.31 Å². The third kappa shape index (κ3) is 5.48. The molecule has 0 unspecified atom stereocenters. The Hall–Kier alpha value is -3.21. The maximum absolute atomic E-state index is 14.9. The number of thiophene rings is 1. The molecule has 1 saturated carbocycles. The summed E-state index contributed by atoms with van der Waals surface area (Å²) < 4.78 is 47.2. The highest BCUT2D eigenvalue weighted by molar-refractivity contribution is 7.89. The fourth-order valence-corrected chi connectivity index (χ4v) is 7.20. The van der Waals surface area contributed by atoms with E-state index in [4.69, 9.17) is 4.74 Å². The topological polar surface area (TPSA) is 89.5 Å². The molecule has 1 aliphatic heterocycles. The second kappa shape index (κ2) is 10.2. The first-order valence-electron chi connectivity index (χ1n) is 12.6. The zero-order chi connectivity index (χ0) is 26.3. The molecule has 6 rings (SSSR count).